The highest BCUT2D eigenvalue weighted by atomic mass is 16.3. The molecule has 0 aliphatic carbocycles. The van der Waals surface area contributed by atoms with Crippen LogP contribution in [-0.2, 0) is 19.2 Å². The van der Waals surface area contributed by atoms with E-state index >= 15 is 0 Å². The fraction of sp³-hybridized carbons (Fsp3) is 0.429. The van der Waals surface area contributed by atoms with Crippen LogP contribution in [0, 0.1) is 11.8 Å². The van der Waals surface area contributed by atoms with E-state index in [4.69, 9.17) is 0 Å². The van der Waals surface area contributed by atoms with Crippen LogP contribution < -0.4 is 10.6 Å². The van der Waals surface area contributed by atoms with Crippen LogP contribution in [0.5, 0.6) is 0 Å². The van der Waals surface area contributed by atoms with Crippen molar-refractivity contribution in [1.29, 1.82) is 0 Å². The lowest BCUT2D eigenvalue weighted by Crippen LogP contribution is -2.37. The summed E-state index contributed by atoms with van der Waals surface area (Å²) in [7, 11) is 0. The first-order chi connectivity index (χ1) is 18.1. The highest BCUT2D eigenvalue weighted by molar-refractivity contribution is 5.95. The molecule has 0 bridgehead atoms. The average Bonchev–Trinajstić information content (AvgIpc) is 3.59. The van der Waals surface area contributed by atoms with Gasteiger partial charge in [-0.1, -0.05) is 24.3 Å². The van der Waals surface area contributed by atoms with E-state index in [9.17, 15) is 29.4 Å². The lowest BCUT2D eigenvalue weighted by Gasteiger charge is -2.18. The number of hydrogen-bond acceptors (Lipinski definition) is 6. The van der Waals surface area contributed by atoms with Crippen molar-refractivity contribution in [3.05, 3.63) is 48.5 Å². The quantitative estimate of drug-likeness (QED) is 0.437. The molecule has 2 aliphatic heterocycles. The monoisotopic (exact) mass is 522 g/mol. The third-order valence-corrected chi connectivity index (χ3v) is 7.09. The molecule has 0 unspecified atom stereocenters. The van der Waals surface area contributed by atoms with E-state index in [-0.39, 0.29) is 35.5 Å². The van der Waals surface area contributed by atoms with Crippen molar-refractivity contribution in [3.8, 4) is 11.1 Å². The van der Waals surface area contributed by atoms with E-state index in [0.29, 0.717) is 50.4 Å². The number of benzene rings is 2. The van der Waals surface area contributed by atoms with Crippen LogP contribution in [0.2, 0.25) is 0 Å². The number of rotatable bonds is 7. The van der Waals surface area contributed by atoms with Crippen LogP contribution in [0.4, 0.5) is 11.4 Å². The van der Waals surface area contributed by atoms with Crippen molar-refractivity contribution in [2.75, 3.05) is 36.8 Å². The molecule has 0 saturated carbocycles. The molecule has 2 aromatic carbocycles. The van der Waals surface area contributed by atoms with Gasteiger partial charge in [-0.25, -0.2) is 0 Å². The Hall–Kier alpha value is -3.76. The third kappa shape index (κ3) is 6.38. The van der Waals surface area contributed by atoms with E-state index in [1.807, 2.05) is 48.5 Å². The van der Waals surface area contributed by atoms with Crippen molar-refractivity contribution in [2.45, 2.75) is 38.9 Å². The Balaban J connectivity index is 1.28. The summed E-state index contributed by atoms with van der Waals surface area (Å²) < 4.78 is 0. The Kier molecular flexibility index (Phi) is 8.43. The van der Waals surface area contributed by atoms with Crippen LogP contribution >= 0.6 is 0 Å². The number of aliphatic hydroxyl groups is 2. The van der Waals surface area contributed by atoms with E-state index in [1.54, 1.807) is 0 Å². The first kappa shape index (κ1) is 27.3. The number of carbonyl (C=O) groups is 4. The Morgan fingerprint density at radius 2 is 1.03 bits per heavy atom. The summed E-state index contributed by atoms with van der Waals surface area (Å²) in [5.74, 6) is -1.65. The molecule has 0 radical (unpaired) electrons. The van der Waals surface area contributed by atoms with Gasteiger partial charge in [-0.2, -0.15) is 0 Å². The number of hydrogen-bond donors (Lipinski definition) is 4. The van der Waals surface area contributed by atoms with Gasteiger partial charge in [-0.3, -0.25) is 19.2 Å². The van der Waals surface area contributed by atoms with Crippen LogP contribution in [0.1, 0.15) is 26.7 Å². The van der Waals surface area contributed by atoms with Crippen molar-refractivity contribution in [2.24, 2.45) is 11.8 Å². The molecule has 4 N–H and O–H groups in total. The van der Waals surface area contributed by atoms with Crippen molar-refractivity contribution in [1.82, 2.24) is 9.80 Å². The summed E-state index contributed by atoms with van der Waals surface area (Å²) in [6.45, 7) is 4.37. The molecule has 0 aromatic heterocycles. The molecule has 0 spiro atoms. The molecule has 10 heteroatoms. The van der Waals surface area contributed by atoms with Crippen LogP contribution in [0.3, 0.4) is 0 Å². The summed E-state index contributed by atoms with van der Waals surface area (Å²) in [6, 6.07) is 14.9. The Bertz CT molecular complexity index is 1090. The number of amides is 4. The lowest BCUT2D eigenvalue weighted by atomic mass is 10.0. The maximum absolute atomic E-state index is 12.6. The highest BCUT2D eigenvalue weighted by Crippen LogP contribution is 2.25. The van der Waals surface area contributed by atoms with Gasteiger partial charge >= 0.3 is 0 Å². The van der Waals surface area contributed by atoms with E-state index in [1.165, 1.54) is 23.6 Å². The fourth-order valence-electron chi connectivity index (χ4n) is 4.86. The minimum absolute atomic E-state index is 0.153. The first-order valence-corrected chi connectivity index (χ1v) is 12.9. The van der Waals surface area contributed by atoms with Crippen LogP contribution in [0.15, 0.2) is 48.5 Å². The topological polar surface area (TPSA) is 139 Å². The summed E-state index contributed by atoms with van der Waals surface area (Å²) in [5.41, 5.74) is 3.20. The summed E-state index contributed by atoms with van der Waals surface area (Å²) in [4.78, 5) is 52.2. The van der Waals surface area contributed by atoms with E-state index in [2.05, 4.69) is 10.6 Å². The molecule has 38 heavy (non-hydrogen) atoms. The Labute approximate surface area is 221 Å². The lowest BCUT2D eigenvalue weighted by molar-refractivity contribution is -0.139. The number of aliphatic hydroxyl groups excluding tert-OH is 2. The van der Waals surface area contributed by atoms with Gasteiger partial charge in [0.05, 0.1) is 11.8 Å². The Morgan fingerprint density at radius 3 is 1.34 bits per heavy atom. The van der Waals surface area contributed by atoms with Gasteiger partial charge < -0.3 is 30.6 Å². The third-order valence-electron chi connectivity index (χ3n) is 7.09. The molecular formula is C28H34N4O6. The normalized spacial score (nSPS) is 20.6. The van der Waals surface area contributed by atoms with Crippen molar-refractivity contribution in [3.63, 3.8) is 0 Å². The van der Waals surface area contributed by atoms with Gasteiger partial charge in [-0.05, 0) is 62.1 Å². The van der Waals surface area contributed by atoms with Gasteiger partial charge in [0.2, 0.25) is 11.8 Å². The zero-order chi connectivity index (χ0) is 27.4. The zero-order valence-corrected chi connectivity index (χ0v) is 21.6. The smallest absolute Gasteiger partial charge is 0.251 e. The molecule has 2 fully saturated rings. The van der Waals surface area contributed by atoms with Gasteiger partial charge in [0.15, 0.2) is 0 Å². The maximum atomic E-state index is 12.6. The highest BCUT2D eigenvalue weighted by Gasteiger charge is 2.33. The van der Waals surface area contributed by atoms with Gasteiger partial charge in [-0.15, -0.1) is 0 Å². The van der Waals surface area contributed by atoms with E-state index in [0.717, 1.165) is 11.1 Å². The number of nitrogens with one attached hydrogen (secondary N) is 2. The SMILES string of the molecule is C[C@H](O)C(=O)N1CC[C@H](C(=O)Nc2ccc(-c3ccc(NC(=O)[C@@H]4CCN(C(=O)[C@@H](C)O)C4)cc3)cc2)C1. The van der Waals surface area contributed by atoms with Crippen molar-refractivity contribution < 1.29 is 29.4 Å². The molecule has 10 nitrogen and oxygen atoms in total. The van der Waals surface area contributed by atoms with Gasteiger partial charge in [0.1, 0.15) is 12.2 Å². The minimum atomic E-state index is -1.07. The molecular weight excluding hydrogens is 488 g/mol. The average molecular weight is 523 g/mol. The minimum Gasteiger partial charge on any atom is -0.384 e. The zero-order valence-electron chi connectivity index (χ0n) is 21.6. The number of nitrogens with zero attached hydrogens (tertiary/aromatic N) is 2. The standard InChI is InChI=1S/C28H34N4O6/c1-17(33)27(37)31-13-11-21(15-31)25(35)29-23-7-3-19(4-8-23)20-5-9-24(10-6-20)30-26(36)22-12-14-32(16-22)28(38)18(2)34/h3-10,17-18,21-22,33-34H,11-16H2,1-2H3,(H,29,35)(H,30,36)/t17-,18+,21-,22+. The molecule has 2 saturated heterocycles. The van der Waals surface area contributed by atoms with Crippen LogP contribution in [-0.4, -0.2) is 82.0 Å². The predicted octanol–water partition coefficient (Wildman–Crippen LogP) is 1.69. The second-order valence-electron chi connectivity index (χ2n) is 10.0. The molecule has 202 valence electrons. The second kappa shape index (κ2) is 11.7. The molecule has 4 atom stereocenters. The largest absolute Gasteiger partial charge is 0.384 e. The van der Waals surface area contributed by atoms with E-state index < -0.39 is 12.2 Å². The Morgan fingerprint density at radius 1 is 0.684 bits per heavy atom. The maximum Gasteiger partial charge on any atom is 0.251 e. The predicted molar refractivity (Wildman–Crippen MR) is 142 cm³/mol. The molecule has 2 aromatic rings. The van der Waals surface area contributed by atoms with Gasteiger partial charge in [0, 0.05) is 37.6 Å². The number of likely N-dealkylation sites (tertiary alicyclic amines) is 2. The second-order valence-corrected chi connectivity index (χ2v) is 10.0. The summed E-state index contributed by atoms with van der Waals surface area (Å²) in [5, 5.41) is 24.7. The van der Waals surface area contributed by atoms with Crippen LogP contribution in [0.25, 0.3) is 11.1 Å². The molecule has 2 aliphatic rings. The number of carbonyl (C=O) groups excluding carboxylic acids is 4. The summed E-state index contributed by atoms with van der Waals surface area (Å²) in [6.07, 6.45) is -1.02. The molecule has 4 amide bonds. The molecule has 2 heterocycles. The summed E-state index contributed by atoms with van der Waals surface area (Å²) >= 11 is 0. The fourth-order valence-corrected chi connectivity index (χ4v) is 4.86. The molecule has 4 rings (SSSR count). The van der Waals surface area contributed by atoms with Crippen molar-refractivity contribution >= 4 is 35.0 Å². The number of anilines is 2. The van der Waals surface area contributed by atoms with Gasteiger partial charge in [0.25, 0.3) is 11.8 Å². The first-order valence-electron chi connectivity index (χ1n) is 12.9.